The first kappa shape index (κ1) is 51.5. The minimum Gasteiger partial charge on any atom is -0.507 e. The van der Waals surface area contributed by atoms with Crippen molar-refractivity contribution < 1.29 is 63.7 Å². The van der Waals surface area contributed by atoms with E-state index in [0.29, 0.717) is 0 Å². The number of unbranched alkanes of at least 4 members (excludes halogenated alkanes) is 8. The third-order valence-electron chi connectivity index (χ3n) is 12.6. The minimum absolute atomic E-state index is 0.0438. The molecule has 0 saturated heterocycles. The monoisotopic (exact) mass is 894 g/mol. The number of hydrogen-bond acceptors (Lipinski definition) is 14. The van der Waals surface area contributed by atoms with Crippen LogP contribution in [0.1, 0.15) is 135 Å². The van der Waals surface area contributed by atoms with Crippen molar-refractivity contribution in [2.24, 2.45) is 28.8 Å². The number of carbonyl (C=O) groups excluding carboxylic acids is 3. The SMILES string of the molecule is CCCCCCCCCCCO/N=C/c1c2c(O)c3c(O)c(C)c4c(c3c1O)C(=O)[C@@](C)(O/C=C/[C@H](OC)[C@@H](C)[C@@H](OC(C)=O)[C@H](C)[C@H](O)[C@H](C)[C@@H](O)[C@@H](C)/C=C/C=C(/C)C(=O)N2)O4. The van der Waals surface area contributed by atoms with Gasteiger partial charge in [0.2, 0.25) is 0 Å². The molecule has 0 fully saturated rings. The summed E-state index contributed by atoms with van der Waals surface area (Å²) in [6, 6.07) is 0. The molecule has 3 aliphatic rings. The van der Waals surface area contributed by atoms with Crippen molar-refractivity contribution in [1.82, 2.24) is 0 Å². The molecule has 5 rings (SSSR count). The number of aliphatic hydroxyl groups excluding tert-OH is 2. The number of carbonyl (C=O) groups is 3. The Morgan fingerprint density at radius 2 is 1.52 bits per heavy atom. The van der Waals surface area contributed by atoms with E-state index in [0.717, 1.165) is 31.9 Å². The lowest BCUT2D eigenvalue weighted by Crippen LogP contribution is -2.46. The Bertz CT molecular complexity index is 2090. The van der Waals surface area contributed by atoms with Crippen molar-refractivity contribution in [3.8, 4) is 23.0 Å². The van der Waals surface area contributed by atoms with Crippen LogP contribution in [0.3, 0.4) is 0 Å². The van der Waals surface area contributed by atoms with Crippen LogP contribution >= 0.6 is 0 Å². The quantitative estimate of drug-likeness (QED) is 0.0261. The van der Waals surface area contributed by atoms with Gasteiger partial charge in [0.25, 0.3) is 11.7 Å². The lowest BCUT2D eigenvalue weighted by Gasteiger charge is -2.38. The van der Waals surface area contributed by atoms with Crippen molar-refractivity contribution in [1.29, 1.82) is 0 Å². The maximum absolute atomic E-state index is 14.5. The van der Waals surface area contributed by atoms with Crippen LogP contribution in [-0.2, 0) is 28.6 Å². The van der Waals surface area contributed by atoms with Crippen molar-refractivity contribution in [3.05, 3.63) is 52.8 Å². The summed E-state index contributed by atoms with van der Waals surface area (Å²) < 4.78 is 23.6. The Labute approximate surface area is 377 Å². The first-order valence-corrected chi connectivity index (χ1v) is 22.6. The molecule has 5 bridgehead atoms. The molecule has 0 radical (unpaired) electrons. The van der Waals surface area contributed by atoms with Crippen molar-refractivity contribution in [3.63, 3.8) is 0 Å². The molecule has 0 saturated carbocycles. The number of aliphatic hydroxyl groups is 2. The number of benzene rings is 2. The molecule has 3 aliphatic heterocycles. The van der Waals surface area contributed by atoms with Crippen molar-refractivity contribution in [2.45, 2.75) is 150 Å². The molecule has 3 heterocycles. The number of fused-ring (bicyclic) bond motifs is 14. The third kappa shape index (κ3) is 11.8. The zero-order chi connectivity index (χ0) is 47.5. The fraction of sp³-hybridized carbons (Fsp3) is 0.592. The number of hydrogen-bond donors (Lipinski definition) is 6. The summed E-state index contributed by atoms with van der Waals surface area (Å²) in [5.74, 6) is -8.54. The number of anilines is 1. The number of Topliss-reactive ketones (excluding diaryl/α,β-unsaturated/α-hetero) is 1. The highest BCUT2D eigenvalue weighted by atomic mass is 16.7. The number of rotatable bonds is 14. The summed E-state index contributed by atoms with van der Waals surface area (Å²) in [6.07, 6.45) is 14.6. The highest BCUT2D eigenvalue weighted by molar-refractivity contribution is 6.23. The Morgan fingerprint density at radius 1 is 0.875 bits per heavy atom. The van der Waals surface area contributed by atoms with Crippen molar-refractivity contribution >= 4 is 40.3 Å². The molecular formula is C49H70N2O13. The molecule has 15 nitrogen and oxygen atoms in total. The fourth-order valence-corrected chi connectivity index (χ4v) is 8.49. The van der Waals surface area contributed by atoms with E-state index in [4.69, 9.17) is 23.8 Å². The van der Waals surface area contributed by atoms with Gasteiger partial charge in [-0.1, -0.05) is 103 Å². The highest BCUT2D eigenvalue weighted by Gasteiger charge is 2.50. The Morgan fingerprint density at radius 3 is 2.14 bits per heavy atom. The topological polar surface area (TPSA) is 223 Å². The lowest BCUT2D eigenvalue weighted by molar-refractivity contribution is -0.160. The zero-order valence-electron chi connectivity index (χ0n) is 39.1. The minimum atomic E-state index is -2.06. The van der Waals surface area contributed by atoms with Gasteiger partial charge in [-0.2, -0.15) is 0 Å². The molecule has 354 valence electrons. The number of ketones is 1. The Balaban J connectivity index is 1.82. The van der Waals surface area contributed by atoms with Gasteiger partial charge in [-0.25, -0.2) is 0 Å². The standard InChI is InChI=1S/C49H70N2O13/c1-11-12-13-14-15-16-17-18-19-24-62-50-26-34-39-44(57)37-36(43(34)56)38-46(32(7)42(37)55)64-49(9,47(38)58)61-25-23-35(60-10)29(4)45(63-33(8)52)31(6)41(54)30(5)40(53)27(2)21-20-22-28(3)48(59)51-39/h20-23,25-27,29-31,35,40-41,45,53-57H,11-19,24H2,1-10H3,(H,51,59)/b21-20+,25-23+,28-22-,50-26+/t27-,29+,30+,31+,35-,40-,41+,45+,49-/m0/s1. The molecule has 0 aliphatic carbocycles. The van der Waals surface area contributed by atoms with Gasteiger partial charge in [0.1, 0.15) is 30.0 Å². The highest BCUT2D eigenvalue weighted by Crippen LogP contribution is 2.55. The van der Waals surface area contributed by atoms with Crippen LogP contribution in [0.15, 0.2) is 41.3 Å². The van der Waals surface area contributed by atoms with Crippen molar-refractivity contribution in [2.75, 3.05) is 19.0 Å². The molecule has 64 heavy (non-hydrogen) atoms. The number of phenols is 3. The number of methoxy groups -OCH3 is 1. The van der Waals surface area contributed by atoms with E-state index in [9.17, 15) is 39.9 Å². The number of aromatic hydroxyl groups is 3. The first-order valence-electron chi connectivity index (χ1n) is 22.6. The van der Waals surface area contributed by atoms with E-state index in [2.05, 4.69) is 17.4 Å². The van der Waals surface area contributed by atoms with Gasteiger partial charge in [-0.15, -0.1) is 0 Å². The summed E-state index contributed by atoms with van der Waals surface area (Å²) in [5.41, 5.74) is -0.530. The number of amides is 1. The second-order valence-corrected chi connectivity index (χ2v) is 17.5. The van der Waals surface area contributed by atoms with E-state index in [1.54, 1.807) is 39.8 Å². The summed E-state index contributed by atoms with van der Waals surface area (Å²) in [7, 11) is 1.44. The van der Waals surface area contributed by atoms with Crippen LogP contribution in [0.2, 0.25) is 0 Å². The Hall–Kier alpha value is -5.12. The first-order chi connectivity index (χ1) is 30.3. The molecule has 2 aromatic rings. The number of nitrogens with zero attached hydrogens (tertiary/aromatic N) is 1. The van der Waals surface area contributed by atoms with Crippen LogP contribution in [0.4, 0.5) is 5.69 Å². The van der Waals surface area contributed by atoms with Gasteiger partial charge in [0, 0.05) is 61.2 Å². The second kappa shape index (κ2) is 23.2. The maximum atomic E-state index is 14.5. The summed E-state index contributed by atoms with van der Waals surface area (Å²) in [6.45, 7) is 15.0. The van der Waals surface area contributed by atoms with Crippen LogP contribution in [0.25, 0.3) is 10.8 Å². The smallest absolute Gasteiger partial charge is 0.312 e. The Kier molecular flexibility index (Phi) is 18.7. The molecule has 2 aromatic carbocycles. The fourth-order valence-electron chi connectivity index (χ4n) is 8.49. The van der Waals surface area contributed by atoms with Gasteiger partial charge in [-0.05, 0) is 32.8 Å². The molecule has 15 heteroatoms. The number of esters is 1. The van der Waals surface area contributed by atoms with E-state index in [1.807, 2.05) is 0 Å². The average Bonchev–Trinajstić information content (AvgIpc) is 3.52. The van der Waals surface area contributed by atoms with Gasteiger partial charge < -0.3 is 54.6 Å². The van der Waals surface area contributed by atoms with Crippen LogP contribution in [0, 0.1) is 30.6 Å². The second-order valence-electron chi connectivity index (χ2n) is 17.5. The maximum Gasteiger partial charge on any atom is 0.312 e. The molecule has 9 atom stereocenters. The normalized spacial score (nSPS) is 28.7. The largest absolute Gasteiger partial charge is 0.507 e. The predicted molar refractivity (Wildman–Crippen MR) is 245 cm³/mol. The molecule has 1 amide bonds. The molecule has 0 unspecified atom stereocenters. The van der Waals surface area contributed by atoms with Gasteiger partial charge >= 0.3 is 11.8 Å². The van der Waals surface area contributed by atoms with Crippen LogP contribution < -0.4 is 10.1 Å². The van der Waals surface area contributed by atoms with E-state index in [-0.39, 0.29) is 51.1 Å². The number of allylic oxidation sites excluding steroid dienone is 2. The van der Waals surface area contributed by atoms with E-state index < -0.39 is 88.8 Å². The van der Waals surface area contributed by atoms with Gasteiger partial charge in [-0.3, -0.25) is 14.4 Å². The third-order valence-corrected chi connectivity index (χ3v) is 12.6. The lowest BCUT2D eigenvalue weighted by atomic mass is 9.78. The molecule has 0 spiro atoms. The summed E-state index contributed by atoms with van der Waals surface area (Å²) in [4.78, 5) is 46.1. The molecule has 0 aromatic heterocycles. The summed E-state index contributed by atoms with van der Waals surface area (Å²) in [5, 5.41) is 64.6. The predicted octanol–water partition coefficient (Wildman–Crippen LogP) is 8.64. The van der Waals surface area contributed by atoms with Gasteiger partial charge in [0.05, 0.1) is 53.0 Å². The van der Waals surface area contributed by atoms with Crippen LogP contribution in [0.5, 0.6) is 23.0 Å². The number of oxime groups is 1. The van der Waals surface area contributed by atoms with E-state index in [1.165, 1.54) is 85.3 Å². The van der Waals surface area contributed by atoms with E-state index >= 15 is 0 Å². The number of phenolic OH excluding ortho intramolecular Hbond substituents is 3. The van der Waals surface area contributed by atoms with Gasteiger partial charge in [0.15, 0.2) is 5.75 Å². The number of nitrogens with one attached hydrogen (secondary N) is 1. The van der Waals surface area contributed by atoms with Crippen LogP contribution in [-0.4, -0.2) is 93.3 Å². The average molecular weight is 895 g/mol. The number of ether oxygens (including phenoxy) is 4. The zero-order valence-corrected chi connectivity index (χ0v) is 39.1. The molecular weight excluding hydrogens is 825 g/mol. The molecule has 6 N–H and O–H groups in total. The summed E-state index contributed by atoms with van der Waals surface area (Å²) >= 11 is 0.